The Morgan fingerprint density at radius 2 is 1.67 bits per heavy atom. The molecular weight excluding hydrogens is 402 g/mol. The highest BCUT2D eigenvalue weighted by Crippen LogP contribution is 2.31. The number of hydrogen-bond donors (Lipinski definition) is 2. The van der Waals surface area contributed by atoms with Gasteiger partial charge in [-0.15, -0.1) is 0 Å². The normalized spacial score (nSPS) is 10.9. The second kappa shape index (κ2) is 8.94. The van der Waals surface area contributed by atoms with Crippen LogP contribution in [0.5, 0.6) is 11.5 Å². The Hall–Kier alpha value is -3.42. The zero-order valence-electron chi connectivity index (χ0n) is 16.5. The van der Waals surface area contributed by atoms with E-state index in [-0.39, 0.29) is 4.90 Å². The molecule has 0 atom stereocenters. The number of fused-ring (bicyclic) bond motifs is 1. The molecule has 0 aliphatic carbocycles. The number of rotatable bonds is 3. The van der Waals surface area contributed by atoms with Crippen molar-refractivity contribution in [2.75, 3.05) is 7.11 Å². The van der Waals surface area contributed by atoms with E-state index in [9.17, 15) is 13.5 Å². The molecule has 30 heavy (non-hydrogen) atoms. The van der Waals surface area contributed by atoms with Gasteiger partial charge in [0.05, 0.1) is 17.5 Å². The van der Waals surface area contributed by atoms with E-state index < -0.39 is 10.1 Å². The lowest BCUT2D eigenvalue weighted by molar-refractivity contribution is 0.415. The van der Waals surface area contributed by atoms with E-state index >= 15 is 0 Å². The maximum absolute atomic E-state index is 10.4. The summed E-state index contributed by atoms with van der Waals surface area (Å²) >= 11 is 0. The summed E-state index contributed by atoms with van der Waals surface area (Å²) in [5.74, 6) is 1.11. The zero-order valence-corrected chi connectivity index (χ0v) is 17.3. The van der Waals surface area contributed by atoms with E-state index in [0.717, 1.165) is 33.3 Å². The molecule has 0 unspecified atom stereocenters. The largest absolute Gasteiger partial charge is 0.508 e. The van der Waals surface area contributed by atoms with Gasteiger partial charge >= 0.3 is 0 Å². The van der Waals surface area contributed by atoms with Gasteiger partial charge in [0, 0.05) is 17.6 Å². The molecular formula is C23H21NO5S. The fourth-order valence-electron chi connectivity index (χ4n) is 2.92. The molecule has 0 bridgehead atoms. The van der Waals surface area contributed by atoms with Gasteiger partial charge in [-0.3, -0.25) is 9.54 Å². The molecule has 0 saturated heterocycles. The van der Waals surface area contributed by atoms with Gasteiger partial charge in [-0.05, 0) is 66.1 Å². The topological polar surface area (TPSA) is 96.7 Å². The van der Waals surface area contributed by atoms with Crippen molar-refractivity contribution < 1.29 is 22.8 Å². The van der Waals surface area contributed by atoms with Crippen molar-refractivity contribution in [3.05, 3.63) is 84.6 Å². The second-order valence-electron chi connectivity index (χ2n) is 6.53. The van der Waals surface area contributed by atoms with Crippen LogP contribution in [0.4, 0.5) is 0 Å². The Labute approximate surface area is 175 Å². The van der Waals surface area contributed by atoms with Crippen LogP contribution in [0, 0.1) is 6.92 Å². The Bertz CT molecular complexity index is 1270. The van der Waals surface area contributed by atoms with Crippen molar-refractivity contribution in [3.63, 3.8) is 0 Å². The number of ether oxygens (including phenoxy) is 1. The van der Waals surface area contributed by atoms with Gasteiger partial charge in [-0.1, -0.05) is 24.3 Å². The minimum absolute atomic E-state index is 0.0741. The second-order valence-corrected chi connectivity index (χ2v) is 7.95. The van der Waals surface area contributed by atoms with Crippen LogP contribution >= 0.6 is 0 Å². The van der Waals surface area contributed by atoms with Gasteiger partial charge in [0.2, 0.25) is 0 Å². The summed E-state index contributed by atoms with van der Waals surface area (Å²) in [4.78, 5) is 4.31. The molecule has 4 aromatic rings. The number of aromatic nitrogens is 1. The molecule has 0 spiro atoms. The molecule has 6 nitrogen and oxygen atoms in total. The number of benzene rings is 3. The van der Waals surface area contributed by atoms with Crippen LogP contribution in [0.1, 0.15) is 5.56 Å². The summed E-state index contributed by atoms with van der Waals surface area (Å²) in [7, 11) is -2.36. The number of aromatic hydroxyl groups is 1. The maximum atomic E-state index is 10.4. The van der Waals surface area contributed by atoms with Crippen LogP contribution in [0.3, 0.4) is 0 Å². The maximum Gasteiger partial charge on any atom is 0.294 e. The third-order valence-electron chi connectivity index (χ3n) is 4.50. The number of pyridine rings is 1. The fourth-order valence-corrected chi connectivity index (χ4v) is 3.42. The van der Waals surface area contributed by atoms with Crippen molar-refractivity contribution in [1.29, 1.82) is 0 Å². The van der Waals surface area contributed by atoms with E-state index in [4.69, 9.17) is 9.29 Å². The van der Waals surface area contributed by atoms with Gasteiger partial charge in [0.1, 0.15) is 11.5 Å². The highest BCUT2D eigenvalue weighted by atomic mass is 32.2. The van der Waals surface area contributed by atoms with E-state index in [2.05, 4.69) is 4.98 Å². The summed E-state index contributed by atoms with van der Waals surface area (Å²) in [6.45, 7) is 1.89. The third-order valence-corrected chi connectivity index (χ3v) is 5.37. The number of methoxy groups -OCH3 is 1. The van der Waals surface area contributed by atoms with E-state index in [1.54, 1.807) is 37.6 Å². The average molecular weight is 423 g/mol. The number of phenolic OH excluding ortho intramolecular Hbond substituents is 1. The average Bonchev–Trinajstić information content (AvgIpc) is 2.75. The van der Waals surface area contributed by atoms with E-state index in [0.29, 0.717) is 5.75 Å². The first-order chi connectivity index (χ1) is 14.3. The molecule has 0 aliphatic heterocycles. The van der Waals surface area contributed by atoms with Gasteiger partial charge in [-0.25, -0.2) is 0 Å². The van der Waals surface area contributed by atoms with Crippen LogP contribution in [-0.2, 0) is 10.1 Å². The molecule has 1 aromatic heterocycles. The fraction of sp³-hybridized carbons (Fsp3) is 0.0870. The molecule has 7 heteroatoms. The Morgan fingerprint density at radius 3 is 2.27 bits per heavy atom. The van der Waals surface area contributed by atoms with Crippen LogP contribution < -0.4 is 4.74 Å². The Kier molecular flexibility index (Phi) is 6.34. The molecule has 2 N–H and O–H groups in total. The Balaban J connectivity index is 0.000000216. The van der Waals surface area contributed by atoms with Crippen molar-refractivity contribution in [2.24, 2.45) is 0 Å². The monoisotopic (exact) mass is 423 g/mol. The van der Waals surface area contributed by atoms with Crippen molar-refractivity contribution in [2.45, 2.75) is 11.8 Å². The van der Waals surface area contributed by atoms with E-state index in [1.165, 1.54) is 12.1 Å². The number of hydrogen-bond acceptors (Lipinski definition) is 5. The highest BCUT2D eigenvalue weighted by Gasteiger charge is 2.07. The number of aryl methyl sites for hydroxylation is 1. The summed E-state index contributed by atoms with van der Waals surface area (Å²) < 4.78 is 34.5. The minimum Gasteiger partial charge on any atom is -0.508 e. The van der Waals surface area contributed by atoms with Gasteiger partial charge < -0.3 is 9.84 Å². The quantitative estimate of drug-likeness (QED) is 0.457. The lowest BCUT2D eigenvalue weighted by Crippen LogP contribution is -1.96. The molecule has 0 saturated carbocycles. The first kappa shape index (κ1) is 21.3. The summed E-state index contributed by atoms with van der Waals surface area (Å²) in [6, 6.07) is 20.9. The lowest BCUT2D eigenvalue weighted by atomic mass is 9.99. The smallest absolute Gasteiger partial charge is 0.294 e. The molecule has 154 valence electrons. The summed E-state index contributed by atoms with van der Waals surface area (Å²) in [5, 5.41) is 10.7. The predicted octanol–water partition coefficient (Wildman–Crippen LogP) is 4.86. The van der Waals surface area contributed by atoms with Crippen LogP contribution in [-0.4, -0.2) is 30.2 Å². The van der Waals surface area contributed by atoms with Crippen molar-refractivity contribution in [3.8, 4) is 22.6 Å². The summed E-state index contributed by atoms with van der Waals surface area (Å²) in [6.07, 6.45) is 1.79. The van der Waals surface area contributed by atoms with Gasteiger partial charge in [0.15, 0.2) is 0 Å². The van der Waals surface area contributed by atoms with Crippen molar-refractivity contribution in [1.82, 2.24) is 4.98 Å². The molecule has 3 aromatic carbocycles. The van der Waals surface area contributed by atoms with Crippen LogP contribution in [0.25, 0.3) is 22.0 Å². The molecule has 0 amide bonds. The first-order valence-corrected chi connectivity index (χ1v) is 10.5. The molecule has 0 aliphatic rings. The standard InChI is InChI=1S/C17H15NO2.C6H6O3S/c1-11-9-12(3-6-17(11)19)14-7-8-18-16-10-13(20-2)4-5-15(14)16;7-10(8,9)6-4-2-1-3-5-6/h3-10,19H,1-2H3;1-5H,(H,7,8,9). The van der Waals surface area contributed by atoms with Crippen molar-refractivity contribution >= 4 is 21.0 Å². The molecule has 1 heterocycles. The molecule has 0 fully saturated rings. The number of phenols is 1. The Morgan fingerprint density at radius 1 is 0.933 bits per heavy atom. The third kappa shape index (κ3) is 4.94. The molecule has 0 radical (unpaired) electrons. The van der Waals surface area contributed by atoms with Gasteiger partial charge in [-0.2, -0.15) is 8.42 Å². The minimum atomic E-state index is -4.00. The highest BCUT2D eigenvalue weighted by molar-refractivity contribution is 7.85. The predicted molar refractivity (Wildman–Crippen MR) is 116 cm³/mol. The zero-order chi connectivity index (χ0) is 21.7. The number of nitrogens with zero attached hydrogens (tertiary/aromatic N) is 1. The van der Waals surface area contributed by atoms with E-state index in [1.807, 2.05) is 43.3 Å². The van der Waals surface area contributed by atoms with Gasteiger partial charge in [0.25, 0.3) is 10.1 Å². The SMILES string of the molecule is COc1ccc2c(-c3ccc(O)c(C)c3)ccnc2c1.O=S(=O)(O)c1ccccc1. The first-order valence-electron chi connectivity index (χ1n) is 9.05. The summed E-state index contributed by atoms with van der Waals surface area (Å²) in [5.41, 5.74) is 3.92. The molecule has 4 rings (SSSR count). The van der Waals surface area contributed by atoms with Crippen LogP contribution in [0.15, 0.2) is 83.9 Å². The van der Waals surface area contributed by atoms with Crippen LogP contribution in [0.2, 0.25) is 0 Å². The lowest BCUT2D eigenvalue weighted by Gasteiger charge is -2.09.